The van der Waals surface area contributed by atoms with Crippen molar-refractivity contribution in [1.29, 1.82) is 0 Å². The molecule has 2 aliphatic heterocycles. The van der Waals surface area contributed by atoms with Crippen LogP contribution in [0.25, 0.3) is 10.9 Å². The number of hydrogen-bond donors (Lipinski definition) is 1. The minimum absolute atomic E-state index is 0.00715. The summed E-state index contributed by atoms with van der Waals surface area (Å²) in [4.78, 5) is 44.7. The first-order valence-electron chi connectivity index (χ1n) is 11.9. The third-order valence-electron chi connectivity index (χ3n) is 7.04. The van der Waals surface area contributed by atoms with Crippen molar-refractivity contribution in [3.05, 3.63) is 75.5 Å². The van der Waals surface area contributed by atoms with E-state index in [1.54, 1.807) is 21.9 Å². The van der Waals surface area contributed by atoms with Crippen LogP contribution in [0.1, 0.15) is 55.5 Å². The Bertz CT molecular complexity index is 1250. The fourth-order valence-electron chi connectivity index (χ4n) is 5.37. The summed E-state index contributed by atoms with van der Waals surface area (Å²) in [6.45, 7) is 2.81. The Kier molecular flexibility index (Phi) is 5.81. The summed E-state index contributed by atoms with van der Waals surface area (Å²) in [5, 5.41) is 12.2. The van der Waals surface area contributed by atoms with Crippen molar-refractivity contribution in [2.24, 2.45) is 0 Å². The van der Waals surface area contributed by atoms with Gasteiger partial charge in [0, 0.05) is 41.7 Å². The molecule has 1 saturated heterocycles. The molecule has 1 N–H and O–H groups in total. The van der Waals surface area contributed by atoms with Crippen LogP contribution in [0.5, 0.6) is 0 Å². The number of amides is 2. The van der Waals surface area contributed by atoms with E-state index >= 15 is 0 Å². The molecule has 0 bridgehead atoms. The Balaban J connectivity index is 1.56. The summed E-state index contributed by atoms with van der Waals surface area (Å²) in [6, 6.07) is 13.2. The molecule has 8 heteroatoms. The number of benzene rings is 2. The topological polar surface area (TPSA) is 99.5 Å². The minimum atomic E-state index is -0.584. The smallest absolute Gasteiger partial charge is 0.269 e. The average Bonchev–Trinajstić information content (AvgIpc) is 3.22. The van der Waals surface area contributed by atoms with E-state index in [1.165, 1.54) is 12.1 Å². The number of H-pyrrole nitrogens is 1. The van der Waals surface area contributed by atoms with Crippen molar-refractivity contribution in [3.63, 3.8) is 0 Å². The highest BCUT2D eigenvalue weighted by Crippen LogP contribution is 2.42. The van der Waals surface area contributed by atoms with E-state index in [2.05, 4.69) is 11.9 Å². The van der Waals surface area contributed by atoms with Crippen LogP contribution in [0.4, 0.5) is 5.69 Å². The van der Waals surface area contributed by atoms with Gasteiger partial charge in [-0.2, -0.15) is 0 Å². The predicted molar refractivity (Wildman–Crippen MR) is 128 cm³/mol. The van der Waals surface area contributed by atoms with Gasteiger partial charge in [0.15, 0.2) is 0 Å². The van der Waals surface area contributed by atoms with E-state index in [-0.39, 0.29) is 24.0 Å². The van der Waals surface area contributed by atoms with Crippen LogP contribution in [-0.4, -0.2) is 50.7 Å². The van der Waals surface area contributed by atoms with Crippen LogP contribution >= 0.6 is 0 Å². The average molecular weight is 461 g/mol. The monoisotopic (exact) mass is 460 g/mol. The minimum Gasteiger partial charge on any atom is -0.356 e. The second kappa shape index (κ2) is 8.93. The number of carbonyl (C=O) groups is 2. The highest BCUT2D eigenvalue weighted by Gasteiger charge is 2.48. The maximum absolute atomic E-state index is 13.6. The van der Waals surface area contributed by atoms with Gasteiger partial charge in [-0.25, -0.2) is 0 Å². The van der Waals surface area contributed by atoms with Crippen molar-refractivity contribution in [2.45, 2.75) is 51.1 Å². The number of rotatable bonds is 7. The molecular weight excluding hydrogens is 432 g/mol. The number of nitro groups is 1. The zero-order valence-electron chi connectivity index (χ0n) is 19.2. The lowest BCUT2D eigenvalue weighted by atomic mass is 9.86. The first kappa shape index (κ1) is 22.1. The maximum Gasteiger partial charge on any atom is 0.269 e. The number of piperazine rings is 1. The Hall–Kier alpha value is -3.68. The van der Waals surface area contributed by atoms with Crippen LogP contribution in [-0.2, 0) is 16.0 Å². The lowest BCUT2D eigenvalue weighted by molar-refractivity contribution is -0.384. The molecule has 0 spiro atoms. The summed E-state index contributed by atoms with van der Waals surface area (Å²) in [5.74, 6) is -0.105. The van der Waals surface area contributed by atoms with E-state index in [0.29, 0.717) is 13.0 Å². The number of nitrogens with zero attached hydrogens (tertiary/aromatic N) is 3. The van der Waals surface area contributed by atoms with Gasteiger partial charge in [0.05, 0.1) is 17.5 Å². The van der Waals surface area contributed by atoms with Crippen molar-refractivity contribution in [2.75, 3.05) is 13.1 Å². The summed E-state index contributed by atoms with van der Waals surface area (Å²) in [5.41, 5.74) is 3.61. The van der Waals surface area contributed by atoms with Gasteiger partial charge in [0.2, 0.25) is 11.8 Å². The summed E-state index contributed by atoms with van der Waals surface area (Å²) >= 11 is 0. The summed E-state index contributed by atoms with van der Waals surface area (Å²) < 4.78 is 0. The molecule has 2 atom stereocenters. The van der Waals surface area contributed by atoms with E-state index < -0.39 is 17.0 Å². The van der Waals surface area contributed by atoms with Crippen LogP contribution in [0.3, 0.4) is 0 Å². The molecule has 3 heterocycles. The summed E-state index contributed by atoms with van der Waals surface area (Å²) in [6.07, 6.45) is 4.62. The van der Waals surface area contributed by atoms with E-state index in [4.69, 9.17) is 0 Å². The van der Waals surface area contributed by atoms with Gasteiger partial charge in [0.25, 0.3) is 5.69 Å². The number of carbonyl (C=O) groups excluding carboxylic acids is 2. The standard InChI is InChI=1S/C26H28N4O4/c1-2-3-4-7-14-28-16-23(31)29-22(26(28)32)15-20-19-8-5-6-9-21(19)27-24(20)25(29)17-10-12-18(13-11-17)30(33)34/h5-6,8-13,22,25,27H,2-4,7,14-16H2,1H3/t22-,25+/m0/s1. The van der Waals surface area contributed by atoms with Crippen molar-refractivity contribution in [3.8, 4) is 0 Å². The first-order valence-corrected chi connectivity index (χ1v) is 11.9. The predicted octanol–water partition coefficient (Wildman–Crippen LogP) is 4.34. The molecule has 1 fully saturated rings. The molecule has 2 aromatic carbocycles. The number of hydrogen-bond acceptors (Lipinski definition) is 4. The van der Waals surface area contributed by atoms with Gasteiger partial charge in [-0.05, 0) is 35.7 Å². The number of nitro benzene ring substituents is 1. The molecule has 2 aliphatic rings. The van der Waals surface area contributed by atoms with Crippen molar-refractivity contribution >= 4 is 28.4 Å². The number of fused-ring (bicyclic) bond motifs is 4. The fourth-order valence-corrected chi connectivity index (χ4v) is 5.37. The second-order valence-electron chi connectivity index (χ2n) is 9.16. The molecule has 0 aliphatic carbocycles. The Morgan fingerprint density at radius 2 is 1.82 bits per heavy atom. The molecule has 0 radical (unpaired) electrons. The van der Waals surface area contributed by atoms with Crippen LogP contribution < -0.4 is 0 Å². The van der Waals surface area contributed by atoms with Gasteiger partial charge in [-0.1, -0.05) is 44.4 Å². The molecule has 1 aromatic heterocycles. The van der Waals surface area contributed by atoms with Crippen molar-refractivity contribution < 1.29 is 14.5 Å². The quantitative estimate of drug-likeness (QED) is 0.322. The zero-order chi connectivity index (χ0) is 23.8. The molecule has 0 unspecified atom stereocenters. The highest BCUT2D eigenvalue weighted by atomic mass is 16.6. The number of aromatic amines is 1. The Morgan fingerprint density at radius 3 is 2.56 bits per heavy atom. The highest BCUT2D eigenvalue weighted by molar-refractivity contribution is 5.97. The third-order valence-corrected chi connectivity index (χ3v) is 7.04. The largest absolute Gasteiger partial charge is 0.356 e. The van der Waals surface area contributed by atoms with E-state index in [1.807, 2.05) is 24.3 Å². The molecule has 176 valence electrons. The molecule has 0 saturated carbocycles. The number of nitrogens with one attached hydrogen (secondary N) is 1. The SMILES string of the molecule is CCCCCCN1CC(=O)N2[C@H](c3ccc([N+](=O)[O-])cc3)c3[nH]c4ccccc4c3C[C@H]2C1=O. The summed E-state index contributed by atoms with van der Waals surface area (Å²) in [7, 11) is 0. The van der Waals surface area contributed by atoms with Gasteiger partial charge < -0.3 is 14.8 Å². The number of para-hydroxylation sites is 1. The number of aromatic nitrogens is 1. The van der Waals surface area contributed by atoms with E-state index in [0.717, 1.165) is 53.4 Å². The Morgan fingerprint density at radius 1 is 1.06 bits per heavy atom. The molecule has 5 rings (SSSR count). The zero-order valence-corrected chi connectivity index (χ0v) is 19.2. The molecule has 8 nitrogen and oxygen atoms in total. The van der Waals surface area contributed by atoms with Crippen LogP contribution in [0.2, 0.25) is 0 Å². The number of unbranched alkanes of at least 4 members (excludes halogenated alkanes) is 3. The fraction of sp³-hybridized carbons (Fsp3) is 0.385. The van der Waals surface area contributed by atoms with Gasteiger partial charge >= 0.3 is 0 Å². The normalized spacial score (nSPS) is 19.9. The molecule has 2 amide bonds. The van der Waals surface area contributed by atoms with Crippen LogP contribution in [0.15, 0.2) is 48.5 Å². The first-order chi connectivity index (χ1) is 16.5. The van der Waals surface area contributed by atoms with Crippen molar-refractivity contribution in [1.82, 2.24) is 14.8 Å². The van der Waals surface area contributed by atoms with Crippen LogP contribution in [0, 0.1) is 10.1 Å². The molecular formula is C26H28N4O4. The second-order valence-corrected chi connectivity index (χ2v) is 9.16. The lowest BCUT2D eigenvalue weighted by Crippen LogP contribution is -2.63. The van der Waals surface area contributed by atoms with Gasteiger partial charge in [-0.15, -0.1) is 0 Å². The molecule has 34 heavy (non-hydrogen) atoms. The number of non-ortho nitro benzene ring substituents is 1. The maximum atomic E-state index is 13.6. The third kappa shape index (κ3) is 3.73. The Labute approximate surface area is 197 Å². The van der Waals surface area contributed by atoms with Gasteiger partial charge in [-0.3, -0.25) is 19.7 Å². The molecule has 3 aromatic rings. The van der Waals surface area contributed by atoms with Gasteiger partial charge in [0.1, 0.15) is 6.04 Å². The van der Waals surface area contributed by atoms with E-state index in [9.17, 15) is 19.7 Å². The lowest BCUT2D eigenvalue weighted by Gasteiger charge is -2.47.